The number of rotatable bonds is 4. The first-order valence-corrected chi connectivity index (χ1v) is 8.77. The molecule has 0 atom stereocenters. The Balaban J connectivity index is 1.74. The van der Waals surface area contributed by atoms with Crippen LogP contribution in [0.25, 0.3) is 0 Å². The highest BCUT2D eigenvalue weighted by Gasteiger charge is 2.42. The van der Waals surface area contributed by atoms with Crippen LogP contribution in [0.4, 0.5) is 10.1 Å². The fraction of sp³-hybridized carbons (Fsp3) is 0.368. The number of nitrogens with zero attached hydrogens (tertiary/aromatic N) is 3. The van der Waals surface area contributed by atoms with E-state index in [2.05, 4.69) is 20.6 Å². The zero-order valence-electron chi connectivity index (χ0n) is 15.3. The first-order chi connectivity index (χ1) is 12.9. The number of aryl methyl sites for hydroxylation is 1. The number of likely N-dealkylation sites (N-methyl/N-ethyl adjacent to an activating group) is 1. The third-order valence-corrected chi connectivity index (χ3v) is 4.77. The van der Waals surface area contributed by atoms with E-state index in [1.54, 1.807) is 37.2 Å². The maximum Gasteiger partial charge on any atom is 0.274 e. The Morgan fingerprint density at radius 2 is 1.93 bits per heavy atom. The third kappa shape index (κ3) is 4.05. The van der Waals surface area contributed by atoms with Crippen LogP contribution in [0.5, 0.6) is 0 Å². The summed E-state index contributed by atoms with van der Waals surface area (Å²) in [5.41, 5.74) is 0.648. The topological polar surface area (TPSA) is 87.2 Å². The van der Waals surface area contributed by atoms with Gasteiger partial charge in [0.25, 0.3) is 5.91 Å². The maximum absolute atomic E-state index is 13.5. The van der Waals surface area contributed by atoms with Crippen molar-refractivity contribution in [3.8, 4) is 0 Å². The largest absolute Gasteiger partial charge is 0.371 e. The Morgan fingerprint density at radius 1 is 1.19 bits per heavy atom. The van der Waals surface area contributed by atoms with Gasteiger partial charge in [0, 0.05) is 32.0 Å². The van der Waals surface area contributed by atoms with Gasteiger partial charge in [-0.1, -0.05) is 6.07 Å². The molecule has 2 amide bonds. The van der Waals surface area contributed by atoms with Gasteiger partial charge in [0.05, 0.1) is 11.9 Å². The van der Waals surface area contributed by atoms with Crippen LogP contribution in [0.15, 0.2) is 36.7 Å². The van der Waals surface area contributed by atoms with E-state index in [0.717, 1.165) is 5.69 Å². The van der Waals surface area contributed by atoms with Gasteiger partial charge in [-0.05, 0) is 38.0 Å². The van der Waals surface area contributed by atoms with Crippen LogP contribution in [-0.2, 0) is 4.79 Å². The monoisotopic (exact) mass is 371 g/mol. The van der Waals surface area contributed by atoms with Gasteiger partial charge in [-0.2, -0.15) is 0 Å². The van der Waals surface area contributed by atoms with Gasteiger partial charge in [-0.15, -0.1) is 0 Å². The highest BCUT2D eigenvalue weighted by Crippen LogP contribution is 2.28. The molecule has 0 saturated carbocycles. The SMILES string of the molecule is CNC(=O)C1(Nc2cccc(F)c2)CCN(C(=O)c2cnc(C)cn2)CC1. The standard InChI is InChI=1S/C19H22FN5O2/c1-13-11-23-16(12-22-13)17(26)25-8-6-19(7-9-25,18(27)21-2)24-15-5-3-4-14(20)10-15/h3-5,10-12,24H,6-9H2,1-2H3,(H,21,27). The summed E-state index contributed by atoms with van der Waals surface area (Å²) in [5, 5.41) is 5.85. The Hall–Kier alpha value is -3.03. The highest BCUT2D eigenvalue weighted by atomic mass is 19.1. The summed E-state index contributed by atoms with van der Waals surface area (Å²) in [7, 11) is 1.57. The lowest BCUT2D eigenvalue weighted by Crippen LogP contribution is -2.58. The number of piperidine rings is 1. The summed E-state index contributed by atoms with van der Waals surface area (Å²) in [6.07, 6.45) is 3.81. The number of carbonyl (C=O) groups is 2. The second-order valence-electron chi connectivity index (χ2n) is 6.63. The number of halogens is 1. The van der Waals surface area contributed by atoms with Crippen LogP contribution in [0.2, 0.25) is 0 Å². The summed E-state index contributed by atoms with van der Waals surface area (Å²) >= 11 is 0. The van der Waals surface area contributed by atoms with E-state index in [1.165, 1.54) is 18.3 Å². The van der Waals surface area contributed by atoms with Gasteiger partial charge in [0.15, 0.2) is 0 Å². The molecule has 142 valence electrons. The number of anilines is 1. The fourth-order valence-corrected chi connectivity index (χ4v) is 3.25. The minimum Gasteiger partial charge on any atom is -0.371 e. The van der Waals surface area contributed by atoms with Crippen molar-refractivity contribution < 1.29 is 14.0 Å². The molecule has 1 fully saturated rings. The van der Waals surface area contributed by atoms with E-state index in [9.17, 15) is 14.0 Å². The lowest BCUT2D eigenvalue weighted by Gasteiger charge is -2.41. The number of likely N-dealkylation sites (tertiary alicyclic amines) is 1. The maximum atomic E-state index is 13.5. The summed E-state index contributed by atoms with van der Waals surface area (Å²) < 4.78 is 13.5. The molecule has 1 saturated heterocycles. The minimum absolute atomic E-state index is 0.186. The van der Waals surface area contributed by atoms with Gasteiger partial charge in [0.2, 0.25) is 5.91 Å². The number of nitrogens with one attached hydrogen (secondary N) is 2. The minimum atomic E-state index is -0.904. The van der Waals surface area contributed by atoms with E-state index in [4.69, 9.17) is 0 Å². The van der Waals surface area contributed by atoms with E-state index >= 15 is 0 Å². The second kappa shape index (κ2) is 7.69. The summed E-state index contributed by atoms with van der Waals surface area (Å²) in [6, 6.07) is 6.00. The van der Waals surface area contributed by atoms with Gasteiger partial charge >= 0.3 is 0 Å². The molecule has 8 heteroatoms. The normalized spacial score (nSPS) is 15.9. The van der Waals surface area contributed by atoms with Crippen molar-refractivity contribution in [1.82, 2.24) is 20.2 Å². The van der Waals surface area contributed by atoms with Crippen LogP contribution in [-0.4, -0.2) is 52.4 Å². The highest BCUT2D eigenvalue weighted by molar-refractivity contribution is 5.93. The van der Waals surface area contributed by atoms with Crippen molar-refractivity contribution >= 4 is 17.5 Å². The van der Waals surface area contributed by atoms with E-state index in [0.29, 0.717) is 31.6 Å². The summed E-state index contributed by atoms with van der Waals surface area (Å²) in [6.45, 7) is 2.56. The van der Waals surface area contributed by atoms with Crippen molar-refractivity contribution in [3.63, 3.8) is 0 Å². The smallest absolute Gasteiger partial charge is 0.274 e. The quantitative estimate of drug-likeness (QED) is 0.855. The lowest BCUT2D eigenvalue weighted by molar-refractivity contribution is -0.126. The molecule has 0 spiro atoms. The molecule has 2 aromatic rings. The molecule has 3 rings (SSSR count). The predicted octanol–water partition coefficient (Wildman–Crippen LogP) is 1.76. The van der Waals surface area contributed by atoms with E-state index in [1.807, 2.05) is 0 Å². The van der Waals surface area contributed by atoms with Crippen LogP contribution < -0.4 is 10.6 Å². The molecule has 1 aromatic carbocycles. The second-order valence-corrected chi connectivity index (χ2v) is 6.63. The van der Waals surface area contributed by atoms with Crippen molar-refractivity contribution in [2.75, 3.05) is 25.5 Å². The van der Waals surface area contributed by atoms with E-state index in [-0.39, 0.29) is 23.3 Å². The number of benzene rings is 1. The Morgan fingerprint density at radius 3 is 2.52 bits per heavy atom. The Labute approximate surface area is 157 Å². The molecule has 0 unspecified atom stereocenters. The summed E-state index contributed by atoms with van der Waals surface area (Å²) in [4.78, 5) is 35.1. The molecule has 2 heterocycles. The first kappa shape index (κ1) is 18.8. The van der Waals surface area contributed by atoms with Gasteiger partial charge < -0.3 is 15.5 Å². The number of amides is 2. The fourth-order valence-electron chi connectivity index (χ4n) is 3.25. The van der Waals surface area contributed by atoms with Crippen molar-refractivity contribution in [3.05, 3.63) is 53.9 Å². The molecule has 1 aromatic heterocycles. The molecule has 27 heavy (non-hydrogen) atoms. The zero-order chi connectivity index (χ0) is 19.4. The molecule has 2 N–H and O–H groups in total. The number of carbonyl (C=O) groups excluding carboxylic acids is 2. The lowest BCUT2D eigenvalue weighted by atomic mass is 9.85. The van der Waals surface area contributed by atoms with Crippen molar-refractivity contribution in [2.24, 2.45) is 0 Å². The molecule has 1 aliphatic heterocycles. The molecule has 0 radical (unpaired) electrons. The van der Waals surface area contributed by atoms with Crippen molar-refractivity contribution in [2.45, 2.75) is 25.3 Å². The molecular formula is C19H22FN5O2. The van der Waals surface area contributed by atoms with Gasteiger partial charge in [0.1, 0.15) is 17.1 Å². The Bertz CT molecular complexity index is 832. The molecule has 0 bridgehead atoms. The first-order valence-electron chi connectivity index (χ1n) is 8.77. The summed E-state index contributed by atoms with van der Waals surface area (Å²) in [5.74, 6) is -0.773. The van der Waals surface area contributed by atoms with Crippen LogP contribution in [0, 0.1) is 12.7 Å². The number of hydrogen-bond acceptors (Lipinski definition) is 5. The third-order valence-electron chi connectivity index (χ3n) is 4.77. The Kier molecular flexibility index (Phi) is 5.34. The molecular weight excluding hydrogens is 349 g/mol. The van der Waals surface area contributed by atoms with Gasteiger partial charge in [-0.3, -0.25) is 14.6 Å². The molecule has 1 aliphatic rings. The molecule has 7 nitrogen and oxygen atoms in total. The molecule has 0 aliphatic carbocycles. The number of hydrogen-bond donors (Lipinski definition) is 2. The average molecular weight is 371 g/mol. The van der Waals surface area contributed by atoms with Crippen LogP contribution >= 0.6 is 0 Å². The number of aromatic nitrogens is 2. The van der Waals surface area contributed by atoms with Crippen LogP contribution in [0.1, 0.15) is 29.0 Å². The van der Waals surface area contributed by atoms with Gasteiger partial charge in [-0.25, -0.2) is 9.37 Å². The average Bonchev–Trinajstić information content (AvgIpc) is 2.68. The van der Waals surface area contributed by atoms with Crippen molar-refractivity contribution in [1.29, 1.82) is 0 Å². The van der Waals surface area contributed by atoms with Crippen LogP contribution in [0.3, 0.4) is 0 Å². The predicted molar refractivity (Wildman–Crippen MR) is 98.7 cm³/mol. The van der Waals surface area contributed by atoms with E-state index < -0.39 is 5.54 Å². The zero-order valence-corrected chi connectivity index (χ0v) is 15.3.